The Labute approximate surface area is 159 Å². The topological polar surface area (TPSA) is 64.6 Å². The van der Waals surface area contributed by atoms with Crippen LogP contribution in [0.2, 0.25) is 0 Å². The molecule has 0 saturated carbocycles. The minimum Gasteiger partial charge on any atom is -0.449 e. The van der Waals surface area contributed by atoms with Crippen molar-refractivity contribution >= 4 is 18.0 Å². The lowest BCUT2D eigenvalue weighted by molar-refractivity contribution is -0.150. The highest BCUT2D eigenvalue weighted by atomic mass is 19.3. The van der Waals surface area contributed by atoms with E-state index in [4.69, 9.17) is 4.74 Å². The summed E-state index contributed by atoms with van der Waals surface area (Å²) in [5.41, 5.74) is 1.26. The molecule has 148 valence electrons. The highest BCUT2D eigenvalue weighted by molar-refractivity contribution is 5.90. The SMILES string of the molecule is C[C@H](OC(=O)/C=C/c1ccc(OC(F)F)cc1)C(=O)NCc1ccc(F)cc1. The number of carbonyl (C=O) groups is 2. The smallest absolute Gasteiger partial charge is 0.387 e. The summed E-state index contributed by atoms with van der Waals surface area (Å²) in [5.74, 6) is -1.61. The van der Waals surface area contributed by atoms with Gasteiger partial charge in [0.2, 0.25) is 0 Å². The van der Waals surface area contributed by atoms with Crippen molar-refractivity contribution in [2.45, 2.75) is 26.2 Å². The van der Waals surface area contributed by atoms with Gasteiger partial charge in [0.05, 0.1) is 0 Å². The van der Waals surface area contributed by atoms with Crippen LogP contribution in [-0.4, -0.2) is 24.6 Å². The highest BCUT2D eigenvalue weighted by Gasteiger charge is 2.16. The number of amides is 1. The third-order valence-corrected chi connectivity index (χ3v) is 3.56. The van der Waals surface area contributed by atoms with Gasteiger partial charge in [-0.25, -0.2) is 9.18 Å². The van der Waals surface area contributed by atoms with Gasteiger partial charge < -0.3 is 14.8 Å². The molecular formula is C20H18F3NO4. The summed E-state index contributed by atoms with van der Waals surface area (Å²) < 4.78 is 46.2. The van der Waals surface area contributed by atoms with E-state index < -0.39 is 24.6 Å². The lowest BCUT2D eigenvalue weighted by Gasteiger charge is -2.12. The van der Waals surface area contributed by atoms with Gasteiger partial charge >= 0.3 is 12.6 Å². The summed E-state index contributed by atoms with van der Waals surface area (Å²) in [5, 5.41) is 2.58. The first-order valence-corrected chi connectivity index (χ1v) is 8.29. The molecule has 0 spiro atoms. The largest absolute Gasteiger partial charge is 0.449 e. The van der Waals surface area contributed by atoms with Crippen molar-refractivity contribution in [3.63, 3.8) is 0 Å². The first-order valence-electron chi connectivity index (χ1n) is 8.29. The van der Waals surface area contributed by atoms with Gasteiger partial charge in [0, 0.05) is 12.6 Å². The molecule has 0 saturated heterocycles. The molecule has 0 fully saturated rings. The summed E-state index contributed by atoms with van der Waals surface area (Å²) in [7, 11) is 0. The molecule has 0 bridgehead atoms. The van der Waals surface area contributed by atoms with E-state index in [1.165, 1.54) is 61.5 Å². The molecule has 1 N–H and O–H groups in total. The van der Waals surface area contributed by atoms with Crippen LogP contribution in [0.3, 0.4) is 0 Å². The first-order chi connectivity index (χ1) is 13.3. The highest BCUT2D eigenvalue weighted by Crippen LogP contribution is 2.15. The van der Waals surface area contributed by atoms with E-state index in [0.29, 0.717) is 11.1 Å². The number of alkyl halides is 2. The fourth-order valence-corrected chi connectivity index (χ4v) is 2.13. The first kappa shape index (κ1) is 21.0. The van der Waals surface area contributed by atoms with Gasteiger partial charge in [-0.3, -0.25) is 4.79 Å². The predicted octanol–water partition coefficient (Wildman–Crippen LogP) is 3.69. The second kappa shape index (κ2) is 10.1. The van der Waals surface area contributed by atoms with Gasteiger partial charge in [-0.1, -0.05) is 24.3 Å². The second-order valence-corrected chi connectivity index (χ2v) is 5.70. The molecule has 8 heteroatoms. The van der Waals surface area contributed by atoms with E-state index in [0.717, 1.165) is 6.08 Å². The van der Waals surface area contributed by atoms with Crippen molar-refractivity contribution in [3.05, 3.63) is 71.6 Å². The summed E-state index contributed by atoms with van der Waals surface area (Å²) in [6.45, 7) is -1.32. The van der Waals surface area contributed by atoms with Crippen LogP contribution in [0.1, 0.15) is 18.1 Å². The normalized spacial score (nSPS) is 12.0. The maximum absolute atomic E-state index is 12.8. The number of rotatable bonds is 8. The number of ether oxygens (including phenoxy) is 2. The monoisotopic (exact) mass is 393 g/mol. The van der Waals surface area contributed by atoms with Crippen molar-refractivity contribution in [2.24, 2.45) is 0 Å². The maximum atomic E-state index is 12.8. The zero-order chi connectivity index (χ0) is 20.5. The Kier molecular flexibility index (Phi) is 7.62. The predicted molar refractivity (Wildman–Crippen MR) is 95.9 cm³/mol. The van der Waals surface area contributed by atoms with E-state index in [2.05, 4.69) is 10.1 Å². The maximum Gasteiger partial charge on any atom is 0.387 e. The van der Waals surface area contributed by atoms with Gasteiger partial charge in [0.1, 0.15) is 11.6 Å². The fourth-order valence-electron chi connectivity index (χ4n) is 2.13. The average molecular weight is 393 g/mol. The molecule has 2 aromatic carbocycles. The third kappa shape index (κ3) is 7.14. The molecule has 0 aliphatic heterocycles. The molecule has 2 aromatic rings. The Morgan fingerprint density at radius 2 is 1.71 bits per heavy atom. The summed E-state index contributed by atoms with van der Waals surface area (Å²) in [6.07, 6.45) is 1.50. The van der Waals surface area contributed by atoms with E-state index in [-0.39, 0.29) is 18.1 Å². The molecule has 0 unspecified atom stereocenters. The van der Waals surface area contributed by atoms with Crippen LogP contribution in [0, 0.1) is 5.82 Å². The molecular weight excluding hydrogens is 375 g/mol. The van der Waals surface area contributed by atoms with Crippen LogP contribution in [0.15, 0.2) is 54.6 Å². The Morgan fingerprint density at radius 3 is 2.32 bits per heavy atom. The number of halogens is 3. The summed E-state index contributed by atoms with van der Waals surface area (Å²) in [6, 6.07) is 11.3. The van der Waals surface area contributed by atoms with E-state index in [1.54, 1.807) is 0 Å². The number of nitrogens with one attached hydrogen (secondary N) is 1. The number of esters is 1. The van der Waals surface area contributed by atoms with E-state index in [1.807, 2.05) is 0 Å². The molecule has 0 radical (unpaired) electrons. The molecule has 5 nitrogen and oxygen atoms in total. The van der Waals surface area contributed by atoms with Crippen LogP contribution in [0.25, 0.3) is 6.08 Å². The lowest BCUT2D eigenvalue weighted by atomic mass is 10.2. The number of hydrogen-bond donors (Lipinski definition) is 1. The Balaban J connectivity index is 1.79. The van der Waals surface area contributed by atoms with Crippen LogP contribution < -0.4 is 10.1 Å². The minimum absolute atomic E-state index is 0.00109. The van der Waals surface area contributed by atoms with Crippen molar-refractivity contribution in [1.82, 2.24) is 5.32 Å². The molecule has 0 aliphatic rings. The van der Waals surface area contributed by atoms with E-state index >= 15 is 0 Å². The van der Waals surface area contributed by atoms with Crippen molar-refractivity contribution in [3.8, 4) is 5.75 Å². The summed E-state index contributed by atoms with van der Waals surface area (Å²) >= 11 is 0. The molecule has 0 aliphatic carbocycles. The van der Waals surface area contributed by atoms with Crippen LogP contribution >= 0.6 is 0 Å². The van der Waals surface area contributed by atoms with Gasteiger partial charge in [0.25, 0.3) is 5.91 Å². The molecule has 28 heavy (non-hydrogen) atoms. The van der Waals surface area contributed by atoms with Crippen LogP contribution in [0.4, 0.5) is 13.2 Å². The van der Waals surface area contributed by atoms with Crippen LogP contribution in [-0.2, 0) is 20.9 Å². The quantitative estimate of drug-likeness (QED) is 0.549. The van der Waals surface area contributed by atoms with Crippen molar-refractivity contribution < 1.29 is 32.2 Å². The standard InChI is InChI=1S/C20H18F3NO4/c1-13(19(26)24-12-15-2-7-16(21)8-3-15)27-18(25)11-6-14-4-9-17(10-5-14)28-20(22)23/h2-11,13,20H,12H2,1H3,(H,24,26)/b11-6+/t13-/m0/s1. The average Bonchev–Trinajstić information content (AvgIpc) is 2.66. The van der Waals surface area contributed by atoms with Crippen LogP contribution in [0.5, 0.6) is 5.75 Å². The summed E-state index contributed by atoms with van der Waals surface area (Å²) in [4.78, 5) is 23.8. The number of hydrogen-bond acceptors (Lipinski definition) is 4. The van der Waals surface area contributed by atoms with Crippen molar-refractivity contribution in [1.29, 1.82) is 0 Å². The van der Waals surface area contributed by atoms with Gasteiger partial charge in [-0.15, -0.1) is 0 Å². The van der Waals surface area contributed by atoms with E-state index in [9.17, 15) is 22.8 Å². The van der Waals surface area contributed by atoms with Crippen molar-refractivity contribution in [2.75, 3.05) is 0 Å². The minimum atomic E-state index is -2.91. The number of carbonyl (C=O) groups excluding carboxylic acids is 2. The van der Waals surface area contributed by atoms with Gasteiger partial charge in [-0.05, 0) is 48.4 Å². The molecule has 1 amide bonds. The lowest BCUT2D eigenvalue weighted by Crippen LogP contribution is -2.35. The molecule has 0 aromatic heterocycles. The Bertz CT molecular complexity index is 820. The Hall–Kier alpha value is -3.29. The second-order valence-electron chi connectivity index (χ2n) is 5.70. The zero-order valence-corrected chi connectivity index (χ0v) is 14.9. The third-order valence-electron chi connectivity index (χ3n) is 3.56. The molecule has 2 rings (SSSR count). The molecule has 0 heterocycles. The molecule has 1 atom stereocenters. The van der Waals surface area contributed by atoms with Gasteiger partial charge in [-0.2, -0.15) is 8.78 Å². The van der Waals surface area contributed by atoms with Gasteiger partial charge in [0.15, 0.2) is 6.10 Å². The Morgan fingerprint density at radius 1 is 1.07 bits per heavy atom. The fraction of sp³-hybridized carbons (Fsp3) is 0.200. The zero-order valence-electron chi connectivity index (χ0n) is 14.9. The number of benzene rings is 2.